The van der Waals surface area contributed by atoms with Crippen molar-refractivity contribution in [1.82, 2.24) is 10.1 Å². The number of carbonyl (C=O) groups is 1. The van der Waals surface area contributed by atoms with E-state index in [0.29, 0.717) is 17.6 Å². The maximum atomic E-state index is 11.7. The van der Waals surface area contributed by atoms with Gasteiger partial charge in [-0.25, -0.2) is 0 Å². The summed E-state index contributed by atoms with van der Waals surface area (Å²) in [6.07, 6.45) is 3.24. The number of methoxy groups -OCH3 is 1. The van der Waals surface area contributed by atoms with Crippen LogP contribution < -0.4 is 0 Å². The van der Waals surface area contributed by atoms with Crippen molar-refractivity contribution in [3.63, 3.8) is 0 Å². The van der Waals surface area contributed by atoms with E-state index in [4.69, 9.17) is 14.0 Å². The van der Waals surface area contributed by atoms with Crippen LogP contribution in [0.1, 0.15) is 31.0 Å². The average Bonchev–Trinajstić information content (AvgIpc) is 2.82. The number of nitrogens with zero attached hydrogens (tertiary/aromatic N) is 2. The molecule has 2 aliphatic rings. The third-order valence-electron chi connectivity index (χ3n) is 3.70. The third-order valence-corrected chi connectivity index (χ3v) is 3.70. The molecule has 3 rings (SSSR count). The van der Waals surface area contributed by atoms with E-state index >= 15 is 0 Å². The van der Waals surface area contributed by atoms with E-state index in [-0.39, 0.29) is 5.97 Å². The molecule has 2 fully saturated rings. The van der Waals surface area contributed by atoms with Gasteiger partial charge >= 0.3 is 5.97 Å². The monoisotopic (exact) mass is 252 g/mol. The van der Waals surface area contributed by atoms with Crippen LogP contribution in [0.3, 0.4) is 0 Å². The van der Waals surface area contributed by atoms with E-state index < -0.39 is 5.41 Å². The third kappa shape index (κ3) is 1.90. The quantitative estimate of drug-likeness (QED) is 0.740. The molecule has 1 unspecified atom stereocenters. The molecule has 1 saturated heterocycles. The van der Waals surface area contributed by atoms with Gasteiger partial charge in [0.05, 0.1) is 7.11 Å². The number of rotatable bonds is 4. The summed E-state index contributed by atoms with van der Waals surface area (Å²) in [5.74, 6) is 1.25. The molecule has 6 nitrogen and oxygen atoms in total. The van der Waals surface area contributed by atoms with E-state index in [1.54, 1.807) is 0 Å². The van der Waals surface area contributed by atoms with Crippen LogP contribution in [0.4, 0.5) is 0 Å². The molecule has 0 spiro atoms. The van der Waals surface area contributed by atoms with Crippen LogP contribution in [-0.4, -0.2) is 36.4 Å². The van der Waals surface area contributed by atoms with Crippen molar-refractivity contribution >= 4 is 5.97 Å². The molecular formula is C12H16N2O4. The highest BCUT2D eigenvalue weighted by atomic mass is 16.5. The zero-order valence-corrected chi connectivity index (χ0v) is 10.3. The Morgan fingerprint density at radius 3 is 3.00 bits per heavy atom. The first-order valence-electron chi connectivity index (χ1n) is 6.24. The topological polar surface area (TPSA) is 74.5 Å². The normalized spacial score (nSPS) is 25.1. The number of carbonyl (C=O) groups excluding carboxylic acids is 1. The lowest BCUT2D eigenvalue weighted by Crippen LogP contribution is -2.22. The minimum absolute atomic E-state index is 0.276. The van der Waals surface area contributed by atoms with Gasteiger partial charge in [0.1, 0.15) is 5.41 Å². The molecule has 0 radical (unpaired) electrons. The summed E-state index contributed by atoms with van der Waals surface area (Å²) in [5, 5.41) is 3.95. The van der Waals surface area contributed by atoms with Crippen molar-refractivity contribution in [2.75, 3.05) is 20.3 Å². The van der Waals surface area contributed by atoms with Crippen molar-refractivity contribution < 1.29 is 18.8 Å². The molecule has 98 valence electrons. The largest absolute Gasteiger partial charge is 0.468 e. The van der Waals surface area contributed by atoms with Gasteiger partial charge in [0.25, 0.3) is 0 Å². The summed E-state index contributed by atoms with van der Waals surface area (Å²) in [4.78, 5) is 16.0. The van der Waals surface area contributed by atoms with Crippen molar-refractivity contribution in [2.45, 2.75) is 31.1 Å². The summed E-state index contributed by atoms with van der Waals surface area (Å²) in [6, 6.07) is 0. The van der Waals surface area contributed by atoms with E-state index in [2.05, 4.69) is 10.1 Å². The van der Waals surface area contributed by atoms with Crippen LogP contribution in [0.2, 0.25) is 0 Å². The van der Waals surface area contributed by atoms with Crippen LogP contribution >= 0.6 is 0 Å². The molecule has 1 atom stereocenters. The first kappa shape index (κ1) is 11.6. The standard InChI is InChI=1S/C12H16N2O4/c1-16-11(15)12(3-4-12)10-13-9(14-18-10)6-8-2-5-17-7-8/h8H,2-7H2,1H3. The van der Waals surface area contributed by atoms with E-state index in [1.807, 2.05) is 0 Å². The predicted octanol–water partition coefficient (Wildman–Crippen LogP) is 0.853. The number of hydrogen-bond acceptors (Lipinski definition) is 6. The number of ether oxygens (including phenoxy) is 2. The van der Waals surface area contributed by atoms with Crippen LogP contribution in [0.25, 0.3) is 0 Å². The Labute approximate surface area is 105 Å². The average molecular weight is 252 g/mol. The van der Waals surface area contributed by atoms with E-state index in [0.717, 1.165) is 38.9 Å². The van der Waals surface area contributed by atoms with Crippen molar-refractivity contribution in [3.05, 3.63) is 11.7 Å². The summed E-state index contributed by atoms with van der Waals surface area (Å²) in [6.45, 7) is 1.56. The fourth-order valence-corrected chi connectivity index (χ4v) is 2.36. The van der Waals surface area contributed by atoms with Crippen molar-refractivity contribution in [2.24, 2.45) is 5.92 Å². The molecule has 18 heavy (non-hydrogen) atoms. The number of hydrogen-bond donors (Lipinski definition) is 0. The summed E-state index contributed by atoms with van der Waals surface area (Å²) < 4.78 is 15.3. The van der Waals surface area contributed by atoms with Crippen molar-refractivity contribution in [3.8, 4) is 0 Å². The fraction of sp³-hybridized carbons (Fsp3) is 0.750. The molecule has 1 aromatic rings. The molecule has 0 aromatic carbocycles. The van der Waals surface area contributed by atoms with Gasteiger partial charge in [-0.3, -0.25) is 4.79 Å². The minimum Gasteiger partial charge on any atom is -0.468 e. The van der Waals surface area contributed by atoms with Gasteiger partial charge in [0.15, 0.2) is 5.82 Å². The molecule has 1 aromatic heterocycles. The summed E-state index contributed by atoms with van der Waals surface area (Å²) in [5.41, 5.74) is -0.661. The molecule has 6 heteroatoms. The summed E-state index contributed by atoms with van der Waals surface area (Å²) in [7, 11) is 1.38. The SMILES string of the molecule is COC(=O)C1(c2nc(CC3CCOC3)no2)CC1. The van der Waals surface area contributed by atoms with Gasteiger partial charge in [-0.2, -0.15) is 4.98 Å². The fourth-order valence-electron chi connectivity index (χ4n) is 2.36. The second-order valence-corrected chi connectivity index (χ2v) is 5.02. The van der Waals surface area contributed by atoms with Gasteiger partial charge in [-0.1, -0.05) is 5.16 Å². The number of esters is 1. The molecular weight excluding hydrogens is 236 g/mol. The van der Waals surface area contributed by atoms with Crippen LogP contribution in [-0.2, 0) is 26.1 Å². The van der Waals surface area contributed by atoms with Gasteiger partial charge in [-0.15, -0.1) is 0 Å². The maximum absolute atomic E-state index is 11.7. The molecule has 1 aliphatic carbocycles. The zero-order chi connectivity index (χ0) is 12.6. The predicted molar refractivity (Wildman–Crippen MR) is 59.9 cm³/mol. The van der Waals surface area contributed by atoms with Gasteiger partial charge in [-0.05, 0) is 25.2 Å². The molecule has 0 bridgehead atoms. The van der Waals surface area contributed by atoms with Gasteiger partial charge < -0.3 is 14.0 Å². The van der Waals surface area contributed by atoms with Crippen LogP contribution in [0.5, 0.6) is 0 Å². The second-order valence-electron chi connectivity index (χ2n) is 5.02. The maximum Gasteiger partial charge on any atom is 0.321 e. The van der Waals surface area contributed by atoms with Gasteiger partial charge in [0.2, 0.25) is 5.89 Å². The minimum atomic E-state index is -0.661. The Hall–Kier alpha value is -1.43. The first-order chi connectivity index (χ1) is 8.74. The second kappa shape index (κ2) is 4.35. The highest BCUT2D eigenvalue weighted by Gasteiger charge is 2.57. The van der Waals surface area contributed by atoms with Gasteiger partial charge in [0, 0.05) is 19.6 Å². The molecule has 1 saturated carbocycles. The van der Waals surface area contributed by atoms with E-state index in [9.17, 15) is 4.79 Å². The van der Waals surface area contributed by atoms with E-state index in [1.165, 1.54) is 7.11 Å². The highest BCUT2D eigenvalue weighted by Crippen LogP contribution is 2.48. The smallest absolute Gasteiger partial charge is 0.321 e. The Morgan fingerprint density at radius 2 is 2.39 bits per heavy atom. The Bertz CT molecular complexity index is 447. The highest BCUT2D eigenvalue weighted by molar-refractivity contribution is 5.85. The zero-order valence-electron chi connectivity index (χ0n) is 10.3. The number of aromatic nitrogens is 2. The lowest BCUT2D eigenvalue weighted by molar-refractivity contribution is -0.144. The van der Waals surface area contributed by atoms with Crippen LogP contribution in [0, 0.1) is 5.92 Å². The molecule has 0 amide bonds. The summed E-state index contributed by atoms with van der Waals surface area (Å²) >= 11 is 0. The molecule has 0 N–H and O–H groups in total. The lowest BCUT2D eigenvalue weighted by Gasteiger charge is -2.06. The van der Waals surface area contributed by atoms with Crippen LogP contribution in [0.15, 0.2) is 4.52 Å². The molecule has 2 heterocycles. The Balaban J connectivity index is 1.71. The Morgan fingerprint density at radius 1 is 1.56 bits per heavy atom. The lowest BCUT2D eigenvalue weighted by atomic mass is 10.0. The van der Waals surface area contributed by atoms with Crippen molar-refractivity contribution in [1.29, 1.82) is 0 Å². The first-order valence-corrected chi connectivity index (χ1v) is 6.24. The Kier molecular flexibility index (Phi) is 2.81. The molecule has 1 aliphatic heterocycles.